The maximum atomic E-state index is 4.40. The largest absolute Gasteiger partial charge is 0.357 e. The van der Waals surface area contributed by atoms with E-state index in [0.29, 0.717) is 6.04 Å². The Morgan fingerprint density at radius 1 is 1.15 bits per heavy atom. The molecular weight excluding hydrogens is 334 g/mol. The molecule has 27 heavy (non-hydrogen) atoms. The fraction of sp³-hybridized carbons (Fsp3) is 0.500. The van der Waals surface area contributed by atoms with Crippen molar-refractivity contribution in [2.24, 2.45) is 12.0 Å². The number of guanidine groups is 1. The normalized spacial score (nSPS) is 17.7. The van der Waals surface area contributed by atoms with Crippen LogP contribution in [0.4, 0.5) is 0 Å². The Hall–Kier alpha value is -2.27. The SMILES string of the molecule is CN=C(NCc1ccn(C)c1)NCC1(NC(C)c2ccccc2)CCCC1. The average Bonchev–Trinajstić information content (AvgIpc) is 3.32. The van der Waals surface area contributed by atoms with Crippen LogP contribution in [0.25, 0.3) is 0 Å². The van der Waals surface area contributed by atoms with Crippen molar-refractivity contribution in [2.75, 3.05) is 13.6 Å². The highest BCUT2D eigenvalue weighted by atomic mass is 15.2. The minimum absolute atomic E-state index is 0.125. The van der Waals surface area contributed by atoms with Crippen molar-refractivity contribution in [1.82, 2.24) is 20.5 Å². The van der Waals surface area contributed by atoms with Gasteiger partial charge in [-0.1, -0.05) is 43.2 Å². The minimum Gasteiger partial charge on any atom is -0.357 e. The van der Waals surface area contributed by atoms with E-state index in [0.717, 1.165) is 19.0 Å². The lowest BCUT2D eigenvalue weighted by atomic mass is 9.94. The molecule has 3 rings (SSSR count). The van der Waals surface area contributed by atoms with Gasteiger partial charge in [0.05, 0.1) is 0 Å². The standard InChI is InChI=1S/C22H33N5/c1-18(20-9-5-4-6-10-20)26-22(12-7-8-13-22)17-25-21(23-2)24-15-19-11-14-27(3)16-19/h4-6,9-11,14,16,18,26H,7-8,12-13,15,17H2,1-3H3,(H2,23,24,25). The van der Waals surface area contributed by atoms with Crippen LogP contribution < -0.4 is 16.0 Å². The maximum Gasteiger partial charge on any atom is 0.191 e. The molecule has 0 bridgehead atoms. The molecule has 5 nitrogen and oxygen atoms in total. The average molecular weight is 368 g/mol. The third-order valence-corrected chi connectivity index (χ3v) is 5.55. The predicted molar refractivity (Wildman–Crippen MR) is 113 cm³/mol. The van der Waals surface area contributed by atoms with Gasteiger partial charge in [0.15, 0.2) is 5.96 Å². The Kier molecular flexibility index (Phi) is 6.56. The smallest absolute Gasteiger partial charge is 0.191 e. The van der Waals surface area contributed by atoms with Crippen molar-refractivity contribution in [3.05, 3.63) is 59.9 Å². The lowest BCUT2D eigenvalue weighted by Gasteiger charge is -2.35. The summed E-state index contributed by atoms with van der Waals surface area (Å²) in [6.45, 7) is 3.93. The zero-order valence-electron chi connectivity index (χ0n) is 16.8. The maximum absolute atomic E-state index is 4.40. The number of hydrogen-bond donors (Lipinski definition) is 3. The second-order valence-electron chi connectivity index (χ2n) is 7.73. The van der Waals surface area contributed by atoms with E-state index >= 15 is 0 Å². The summed E-state index contributed by atoms with van der Waals surface area (Å²) in [6.07, 6.45) is 9.16. The Balaban J connectivity index is 1.56. The Bertz CT molecular complexity index is 728. The van der Waals surface area contributed by atoms with Crippen LogP contribution in [0.1, 0.15) is 49.8 Å². The number of hydrogen-bond acceptors (Lipinski definition) is 2. The molecule has 1 aliphatic rings. The van der Waals surface area contributed by atoms with Gasteiger partial charge in [0.1, 0.15) is 0 Å². The Morgan fingerprint density at radius 2 is 1.89 bits per heavy atom. The van der Waals surface area contributed by atoms with E-state index in [1.165, 1.54) is 36.8 Å². The second kappa shape index (κ2) is 9.09. The lowest BCUT2D eigenvalue weighted by Crippen LogP contribution is -2.54. The van der Waals surface area contributed by atoms with Crippen LogP contribution in [0.5, 0.6) is 0 Å². The van der Waals surface area contributed by atoms with Gasteiger partial charge in [0, 0.05) is 51.2 Å². The van der Waals surface area contributed by atoms with E-state index in [4.69, 9.17) is 0 Å². The number of rotatable bonds is 7. The van der Waals surface area contributed by atoms with Gasteiger partial charge in [-0.2, -0.15) is 0 Å². The molecule has 1 atom stereocenters. The van der Waals surface area contributed by atoms with Crippen molar-refractivity contribution in [3.8, 4) is 0 Å². The van der Waals surface area contributed by atoms with E-state index < -0.39 is 0 Å². The summed E-state index contributed by atoms with van der Waals surface area (Å²) in [4.78, 5) is 4.40. The van der Waals surface area contributed by atoms with Crippen molar-refractivity contribution in [1.29, 1.82) is 0 Å². The molecule has 0 radical (unpaired) electrons. The lowest BCUT2D eigenvalue weighted by molar-refractivity contribution is 0.297. The van der Waals surface area contributed by atoms with Gasteiger partial charge < -0.3 is 20.5 Å². The Morgan fingerprint density at radius 3 is 2.52 bits per heavy atom. The first-order valence-electron chi connectivity index (χ1n) is 9.98. The van der Waals surface area contributed by atoms with Gasteiger partial charge in [-0.15, -0.1) is 0 Å². The van der Waals surface area contributed by atoms with Crippen LogP contribution in [-0.2, 0) is 13.6 Å². The highest BCUT2D eigenvalue weighted by Crippen LogP contribution is 2.31. The number of aryl methyl sites for hydroxylation is 1. The first-order chi connectivity index (χ1) is 13.1. The number of nitrogens with one attached hydrogen (secondary N) is 3. The summed E-state index contributed by atoms with van der Waals surface area (Å²) < 4.78 is 2.07. The fourth-order valence-corrected chi connectivity index (χ4v) is 4.03. The van der Waals surface area contributed by atoms with Gasteiger partial charge >= 0.3 is 0 Å². The third-order valence-electron chi connectivity index (χ3n) is 5.55. The summed E-state index contributed by atoms with van der Waals surface area (Å²) in [5.41, 5.74) is 2.72. The van der Waals surface area contributed by atoms with Gasteiger partial charge in [0.2, 0.25) is 0 Å². The molecule has 0 spiro atoms. The highest BCUT2D eigenvalue weighted by Gasteiger charge is 2.35. The molecule has 1 aliphatic carbocycles. The summed E-state index contributed by atoms with van der Waals surface area (Å²) in [7, 11) is 3.88. The summed E-state index contributed by atoms with van der Waals surface area (Å²) in [6, 6.07) is 13.2. The molecule has 1 fully saturated rings. The predicted octanol–water partition coefficient (Wildman–Crippen LogP) is 3.35. The molecule has 3 N–H and O–H groups in total. The third kappa shape index (κ3) is 5.36. The van der Waals surface area contributed by atoms with Crippen molar-refractivity contribution < 1.29 is 0 Å². The number of aliphatic imine (C=N–C) groups is 1. The summed E-state index contributed by atoms with van der Waals surface area (Å²) in [5.74, 6) is 0.860. The number of nitrogens with zero attached hydrogens (tertiary/aromatic N) is 2. The topological polar surface area (TPSA) is 53.4 Å². The molecule has 1 unspecified atom stereocenters. The van der Waals surface area contributed by atoms with Gasteiger partial charge in [-0.3, -0.25) is 4.99 Å². The molecule has 2 aromatic rings. The van der Waals surface area contributed by atoms with E-state index in [1.807, 2.05) is 14.1 Å². The molecule has 146 valence electrons. The molecule has 1 aromatic heterocycles. The molecular formula is C22H33N5. The molecule has 1 aromatic carbocycles. The van der Waals surface area contributed by atoms with Gasteiger partial charge in [-0.25, -0.2) is 0 Å². The zero-order valence-corrected chi connectivity index (χ0v) is 16.8. The zero-order chi connectivity index (χ0) is 19.1. The first-order valence-corrected chi connectivity index (χ1v) is 9.98. The van der Waals surface area contributed by atoms with Crippen molar-refractivity contribution >= 4 is 5.96 Å². The van der Waals surface area contributed by atoms with Crippen molar-refractivity contribution in [3.63, 3.8) is 0 Å². The van der Waals surface area contributed by atoms with Crippen LogP contribution in [0.15, 0.2) is 53.8 Å². The van der Waals surface area contributed by atoms with Crippen LogP contribution in [-0.4, -0.2) is 29.7 Å². The van der Waals surface area contributed by atoms with Gasteiger partial charge in [0.25, 0.3) is 0 Å². The molecule has 0 amide bonds. The van der Waals surface area contributed by atoms with E-state index in [-0.39, 0.29) is 5.54 Å². The fourth-order valence-electron chi connectivity index (χ4n) is 4.03. The van der Waals surface area contributed by atoms with Crippen LogP contribution >= 0.6 is 0 Å². The monoisotopic (exact) mass is 367 g/mol. The van der Waals surface area contributed by atoms with E-state index in [2.05, 4.69) is 81.2 Å². The van der Waals surface area contributed by atoms with Crippen LogP contribution in [0.3, 0.4) is 0 Å². The molecule has 0 aliphatic heterocycles. The summed E-state index contributed by atoms with van der Waals surface area (Å²) in [5, 5.41) is 10.9. The van der Waals surface area contributed by atoms with E-state index in [1.54, 1.807) is 0 Å². The van der Waals surface area contributed by atoms with Gasteiger partial charge in [-0.05, 0) is 37.0 Å². The first kappa shape index (κ1) is 19.5. The quantitative estimate of drug-likeness (QED) is 0.520. The van der Waals surface area contributed by atoms with Crippen LogP contribution in [0.2, 0.25) is 0 Å². The minimum atomic E-state index is 0.125. The molecule has 5 heteroatoms. The molecule has 1 saturated carbocycles. The van der Waals surface area contributed by atoms with Crippen molar-refractivity contribution in [2.45, 2.75) is 50.7 Å². The molecule has 0 saturated heterocycles. The van der Waals surface area contributed by atoms with E-state index in [9.17, 15) is 0 Å². The highest BCUT2D eigenvalue weighted by molar-refractivity contribution is 5.79. The summed E-state index contributed by atoms with van der Waals surface area (Å²) >= 11 is 0. The number of aromatic nitrogens is 1. The molecule has 1 heterocycles. The van der Waals surface area contributed by atoms with Crippen LogP contribution in [0, 0.1) is 0 Å². The number of benzene rings is 1. The second-order valence-corrected chi connectivity index (χ2v) is 7.73. The Labute approximate surface area is 163 Å².